The predicted molar refractivity (Wildman–Crippen MR) is 102 cm³/mol. The number of thioether (sulfide) groups is 1. The molecule has 0 bridgehead atoms. The quantitative estimate of drug-likeness (QED) is 0.529. The third-order valence-corrected chi connectivity index (χ3v) is 4.78. The van der Waals surface area contributed by atoms with Gasteiger partial charge in [0, 0.05) is 28.4 Å². The van der Waals surface area contributed by atoms with E-state index in [2.05, 4.69) is 0 Å². The number of carbonyl (C=O) groups excluding carboxylic acids is 2. The van der Waals surface area contributed by atoms with Gasteiger partial charge >= 0.3 is 5.97 Å². The van der Waals surface area contributed by atoms with E-state index < -0.39 is 6.10 Å². The number of rotatable bonds is 7. The highest BCUT2D eigenvalue weighted by Crippen LogP contribution is 2.21. The predicted octanol–water partition coefficient (Wildman–Crippen LogP) is 4.42. The normalized spacial score (nSPS) is 11.6. The van der Waals surface area contributed by atoms with Crippen LogP contribution in [0.25, 0.3) is 0 Å². The van der Waals surface area contributed by atoms with E-state index in [9.17, 15) is 9.59 Å². The molecule has 0 radical (unpaired) electrons. The Labute approximate surface area is 157 Å². The van der Waals surface area contributed by atoms with E-state index in [1.807, 2.05) is 54.6 Å². The van der Waals surface area contributed by atoms with Crippen LogP contribution in [0.1, 0.15) is 13.3 Å². The summed E-state index contributed by atoms with van der Waals surface area (Å²) in [4.78, 5) is 26.8. The first-order valence-electron chi connectivity index (χ1n) is 7.88. The lowest BCUT2D eigenvalue weighted by Crippen LogP contribution is -2.37. The summed E-state index contributed by atoms with van der Waals surface area (Å²) in [5.41, 5.74) is 0.758. The molecule has 0 aliphatic rings. The second kappa shape index (κ2) is 9.49. The Morgan fingerprint density at radius 2 is 1.76 bits per heavy atom. The topological polar surface area (TPSA) is 46.6 Å². The molecule has 1 unspecified atom stereocenters. The summed E-state index contributed by atoms with van der Waals surface area (Å²) in [6, 6.07) is 16.7. The zero-order chi connectivity index (χ0) is 18.2. The number of likely N-dealkylation sites (N-methyl/N-ethyl adjacent to an activating group) is 1. The molecule has 132 valence electrons. The van der Waals surface area contributed by atoms with Crippen LogP contribution in [0.15, 0.2) is 59.5 Å². The number of benzene rings is 2. The minimum Gasteiger partial charge on any atom is -0.452 e. The number of anilines is 1. The summed E-state index contributed by atoms with van der Waals surface area (Å²) in [7, 11) is 1.67. The van der Waals surface area contributed by atoms with Gasteiger partial charge in [-0.25, -0.2) is 0 Å². The summed E-state index contributed by atoms with van der Waals surface area (Å²) < 4.78 is 5.25. The number of halogens is 1. The number of nitrogens with zero attached hydrogens (tertiary/aromatic N) is 1. The molecule has 2 rings (SSSR count). The fourth-order valence-corrected chi connectivity index (χ4v) is 3.10. The first kappa shape index (κ1) is 19.3. The lowest BCUT2D eigenvalue weighted by Gasteiger charge is -2.21. The molecular weight excluding hydrogens is 358 g/mol. The number of hydrogen-bond donors (Lipinski definition) is 0. The van der Waals surface area contributed by atoms with Crippen LogP contribution >= 0.6 is 23.4 Å². The van der Waals surface area contributed by atoms with Crippen molar-refractivity contribution >= 4 is 40.9 Å². The van der Waals surface area contributed by atoms with Crippen molar-refractivity contribution < 1.29 is 14.3 Å². The van der Waals surface area contributed by atoms with Crippen LogP contribution in [0, 0.1) is 0 Å². The van der Waals surface area contributed by atoms with Gasteiger partial charge in [-0.05, 0) is 43.3 Å². The fourth-order valence-electron chi connectivity index (χ4n) is 2.14. The molecule has 4 nitrogen and oxygen atoms in total. The van der Waals surface area contributed by atoms with E-state index in [4.69, 9.17) is 16.3 Å². The Morgan fingerprint density at radius 3 is 2.40 bits per heavy atom. The lowest BCUT2D eigenvalue weighted by molar-refractivity contribution is -0.153. The highest BCUT2D eigenvalue weighted by Gasteiger charge is 2.22. The minimum absolute atomic E-state index is 0.236. The number of esters is 1. The molecule has 0 aliphatic carbocycles. The standard InChI is InChI=1S/C19H20ClNO3S/c1-14(19(23)21(2)16-6-4-3-5-7-16)24-18(22)12-13-25-17-10-8-15(20)9-11-17/h3-11,14H,12-13H2,1-2H3. The summed E-state index contributed by atoms with van der Waals surface area (Å²) in [5, 5.41) is 0.679. The zero-order valence-electron chi connectivity index (χ0n) is 14.1. The SMILES string of the molecule is CC(OC(=O)CCSc1ccc(Cl)cc1)C(=O)N(C)c1ccccc1. The second-order valence-electron chi connectivity index (χ2n) is 5.42. The van der Waals surface area contributed by atoms with Crippen LogP contribution < -0.4 is 4.90 Å². The number of para-hydroxylation sites is 1. The Balaban J connectivity index is 1.77. The Bertz CT molecular complexity index is 706. The largest absolute Gasteiger partial charge is 0.452 e. The molecule has 25 heavy (non-hydrogen) atoms. The molecular formula is C19H20ClNO3S. The molecule has 0 aliphatic heterocycles. The molecule has 0 saturated heterocycles. The number of hydrogen-bond acceptors (Lipinski definition) is 4. The van der Waals surface area contributed by atoms with Crippen molar-refractivity contribution in [2.24, 2.45) is 0 Å². The third kappa shape index (κ3) is 6.11. The molecule has 1 atom stereocenters. The summed E-state index contributed by atoms with van der Waals surface area (Å²) in [5.74, 6) is -0.0655. The number of amides is 1. The summed E-state index contributed by atoms with van der Waals surface area (Å²) >= 11 is 7.37. The van der Waals surface area contributed by atoms with E-state index in [-0.39, 0.29) is 18.3 Å². The van der Waals surface area contributed by atoms with Crippen LogP contribution in [0.2, 0.25) is 5.02 Å². The van der Waals surface area contributed by atoms with Crippen molar-refractivity contribution in [3.8, 4) is 0 Å². The van der Waals surface area contributed by atoms with Gasteiger partial charge in [-0.2, -0.15) is 0 Å². The summed E-state index contributed by atoms with van der Waals surface area (Å²) in [6.07, 6.45) is -0.585. The van der Waals surface area contributed by atoms with E-state index in [1.54, 1.807) is 25.7 Å². The highest BCUT2D eigenvalue weighted by atomic mass is 35.5. The van der Waals surface area contributed by atoms with Crippen molar-refractivity contribution in [3.05, 3.63) is 59.6 Å². The molecule has 0 fully saturated rings. The lowest BCUT2D eigenvalue weighted by atomic mass is 10.2. The van der Waals surface area contributed by atoms with Crippen LogP contribution in [0.3, 0.4) is 0 Å². The van der Waals surface area contributed by atoms with Crippen molar-refractivity contribution in [3.63, 3.8) is 0 Å². The molecule has 0 aromatic heterocycles. The monoisotopic (exact) mass is 377 g/mol. The maximum atomic E-state index is 12.3. The fraction of sp³-hybridized carbons (Fsp3) is 0.263. The molecule has 2 aromatic carbocycles. The molecule has 0 spiro atoms. The Kier molecular flexibility index (Phi) is 7.34. The van der Waals surface area contributed by atoms with Gasteiger partial charge in [0.05, 0.1) is 6.42 Å². The zero-order valence-corrected chi connectivity index (χ0v) is 15.7. The Hall–Kier alpha value is -1.98. The molecule has 0 heterocycles. The van der Waals surface area contributed by atoms with E-state index in [0.717, 1.165) is 10.6 Å². The van der Waals surface area contributed by atoms with Gasteiger partial charge in [-0.1, -0.05) is 29.8 Å². The van der Waals surface area contributed by atoms with Crippen LogP contribution in [0.4, 0.5) is 5.69 Å². The first-order chi connectivity index (χ1) is 12.0. The molecule has 2 aromatic rings. The van der Waals surface area contributed by atoms with Gasteiger partial charge in [-0.3, -0.25) is 9.59 Å². The van der Waals surface area contributed by atoms with Crippen LogP contribution in [0.5, 0.6) is 0 Å². The molecule has 6 heteroatoms. The number of ether oxygens (including phenoxy) is 1. The van der Waals surface area contributed by atoms with Crippen molar-refractivity contribution in [2.45, 2.75) is 24.3 Å². The van der Waals surface area contributed by atoms with Crippen molar-refractivity contribution in [1.82, 2.24) is 0 Å². The maximum absolute atomic E-state index is 12.3. The van der Waals surface area contributed by atoms with Gasteiger partial charge in [0.25, 0.3) is 5.91 Å². The van der Waals surface area contributed by atoms with Crippen molar-refractivity contribution in [2.75, 3.05) is 17.7 Å². The van der Waals surface area contributed by atoms with E-state index in [1.165, 1.54) is 4.90 Å². The van der Waals surface area contributed by atoms with Gasteiger partial charge in [0.1, 0.15) is 0 Å². The average molecular weight is 378 g/mol. The first-order valence-corrected chi connectivity index (χ1v) is 9.24. The van der Waals surface area contributed by atoms with Gasteiger partial charge in [0.2, 0.25) is 0 Å². The van der Waals surface area contributed by atoms with Crippen molar-refractivity contribution in [1.29, 1.82) is 0 Å². The van der Waals surface area contributed by atoms with Gasteiger partial charge < -0.3 is 9.64 Å². The van der Waals surface area contributed by atoms with E-state index >= 15 is 0 Å². The average Bonchev–Trinajstić information content (AvgIpc) is 2.62. The molecule has 1 amide bonds. The number of carbonyl (C=O) groups is 2. The Morgan fingerprint density at radius 1 is 1.12 bits per heavy atom. The third-order valence-electron chi connectivity index (χ3n) is 3.52. The highest BCUT2D eigenvalue weighted by molar-refractivity contribution is 7.99. The van der Waals surface area contributed by atoms with E-state index in [0.29, 0.717) is 10.8 Å². The van der Waals surface area contributed by atoms with Crippen LogP contribution in [-0.4, -0.2) is 30.8 Å². The van der Waals surface area contributed by atoms with Crippen LogP contribution in [-0.2, 0) is 14.3 Å². The van der Waals surface area contributed by atoms with Gasteiger partial charge in [0.15, 0.2) is 6.10 Å². The summed E-state index contributed by atoms with van der Waals surface area (Å²) in [6.45, 7) is 1.59. The molecule has 0 N–H and O–H groups in total. The smallest absolute Gasteiger partial charge is 0.307 e. The molecule has 0 saturated carbocycles. The minimum atomic E-state index is -0.821. The maximum Gasteiger partial charge on any atom is 0.307 e. The second-order valence-corrected chi connectivity index (χ2v) is 7.02. The van der Waals surface area contributed by atoms with Gasteiger partial charge in [-0.15, -0.1) is 11.8 Å².